The Kier molecular flexibility index (Phi) is 4.82. The van der Waals surface area contributed by atoms with E-state index in [1.807, 2.05) is 0 Å². The molecule has 3 unspecified atom stereocenters. The van der Waals surface area contributed by atoms with Crippen molar-refractivity contribution < 1.29 is 0 Å². The molecule has 1 aliphatic carbocycles. The molecule has 0 bridgehead atoms. The molecule has 2 aliphatic rings. The van der Waals surface area contributed by atoms with Crippen molar-refractivity contribution >= 4 is 0 Å². The fourth-order valence-corrected chi connectivity index (χ4v) is 3.26. The monoisotopic (exact) mass is 235 g/mol. The van der Waals surface area contributed by atoms with Crippen LogP contribution in [0.25, 0.3) is 0 Å². The Morgan fingerprint density at radius 1 is 1.24 bits per heavy atom. The zero-order chi connectivity index (χ0) is 12.1. The summed E-state index contributed by atoms with van der Waals surface area (Å²) in [6.07, 6.45) is 7.60. The Labute approximate surface area is 105 Å². The molecule has 0 aromatic heterocycles. The Balaban J connectivity index is 1.72. The lowest BCUT2D eigenvalue weighted by Crippen LogP contribution is -2.46. The normalized spacial score (nSPS) is 32.2. The van der Waals surface area contributed by atoms with Crippen LogP contribution in [-0.4, -0.2) is 36.6 Å². The predicted octanol–water partition coefficient (Wildman–Crippen LogP) is 2.14. The molecule has 2 fully saturated rings. The highest BCUT2D eigenvalue weighted by atomic mass is 15.2. The van der Waals surface area contributed by atoms with Gasteiger partial charge in [0.05, 0.1) is 12.0 Å². The molecule has 0 amide bonds. The minimum absolute atomic E-state index is 0.249. The van der Waals surface area contributed by atoms with Crippen molar-refractivity contribution in [3.63, 3.8) is 0 Å². The first-order chi connectivity index (χ1) is 8.29. The second kappa shape index (κ2) is 6.37. The van der Waals surface area contributed by atoms with E-state index >= 15 is 0 Å². The van der Waals surface area contributed by atoms with Crippen molar-refractivity contribution in [2.45, 2.75) is 57.5 Å². The first kappa shape index (κ1) is 12.9. The van der Waals surface area contributed by atoms with Crippen molar-refractivity contribution in [2.75, 3.05) is 19.6 Å². The summed E-state index contributed by atoms with van der Waals surface area (Å²) in [5, 5.41) is 12.7. The largest absolute Gasteiger partial charge is 0.309 e. The van der Waals surface area contributed by atoms with E-state index < -0.39 is 0 Å². The molecule has 1 saturated heterocycles. The molecule has 0 aromatic carbocycles. The van der Waals surface area contributed by atoms with Crippen LogP contribution in [0.2, 0.25) is 0 Å². The number of nitriles is 1. The molecule has 1 saturated carbocycles. The van der Waals surface area contributed by atoms with Gasteiger partial charge in [0.1, 0.15) is 0 Å². The van der Waals surface area contributed by atoms with E-state index in [1.54, 1.807) is 0 Å². The van der Waals surface area contributed by atoms with Crippen molar-refractivity contribution in [2.24, 2.45) is 5.92 Å². The molecule has 3 heteroatoms. The van der Waals surface area contributed by atoms with E-state index in [4.69, 9.17) is 5.26 Å². The number of hydrogen-bond donors (Lipinski definition) is 1. The maximum absolute atomic E-state index is 9.07. The third-order valence-corrected chi connectivity index (χ3v) is 4.16. The van der Waals surface area contributed by atoms with Crippen LogP contribution in [0.15, 0.2) is 0 Å². The van der Waals surface area contributed by atoms with Crippen LogP contribution in [0.3, 0.4) is 0 Å². The van der Waals surface area contributed by atoms with Crippen LogP contribution in [-0.2, 0) is 0 Å². The topological polar surface area (TPSA) is 39.1 Å². The van der Waals surface area contributed by atoms with Gasteiger partial charge in [0.25, 0.3) is 0 Å². The summed E-state index contributed by atoms with van der Waals surface area (Å²) in [6.45, 7) is 5.94. The van der Waals surface area contributed by atoms with E-state index in [2.05, 4.69) is 23.2 Å². The van der Waals surface area contributed by atoms with E-state index in [0.29, 0.717) is 12.1 Å². The van der Waals surface area contributed by atoms with Crippen LogP contribution < -0.4 is 5.32 Å². The lowest BCUT2D eigenvalue weighted by molar-refractivity contribution is 0.202. The van der Waals surface area contributed by atoms with Crippen LogP contribution >= 0.6 is 0 Å². The van der Waals surface area contributed by atoms with Gasteiger partial charge < -0.3 is 10.2 Å². The Morgan fingerprint density at radius 3 is 2.71 bits per heavy atom. The maximum atomic E-state index is 9.07. The summed E-state index contributed by atoms with van der Waals surface area (Å²) in [7, 11) is 0. The van der Waals surface area contributed by atoms with Crippen molar-refractivity contribution in [3.05, 3.63) is 0 Å². The quantitative estimate of drug-likeness (QED) is 0.811. The summed E-state index contributed by atoms with van der Waals surface area (Å²) in [4.78, 5) is 2.57. The van der Waals surface area contributed by atoms with Crippen LogP contribution in [0.5, 0.6) is 0 Å². The number of likely N-dealkylation sites (tertiary alicyclic amines) is 1. The van der Waals surface area contributed by atoms with Gasteiger partial charge in [-0.1, -0.05) is 12.8 Å². The molecule has 1 aliphatic heterocycles. The lowest BCUT2D eigenvalue weighted by atomic mass is 10.0. The second-order valence-electron chi connectivity index (χ2n) is 5.70. The summed E-state index contributed by atoms with van der Waals surface area (Å²) < 4.78 is 0. The number of piperidine rings is 1. The fraction of sp³-hybridized carbons (Fsp3) is 0.929. The van der Waals surface area contributed by atoms with Crippen molar-refractivity contribution in [1.29, 1.82) is 5.26 Å². The minimum atomic E-state index is 0.249. The highest BCUT2D eigenvalue weighted by Crippen LogP contribution is 2.25. The highest BCUT2D eigenvalue weighted by molar-refractivity contribution is 4.97. The molecule has 1 heterocycles. The van der Waals surface area contributed by atoms with E-state index in [9.17, 15) is 0 Å². The second-order valence-corrected chi connectivity index (χ2v) is 5.70. The van der Waals surface area contributed by atoms with Crippen molar-refractivity contribution in [1.82, 2.24) is 10.2 Å². The molecule has 0 spiro atoms. The van der Waals surface area contributed by atoms with E-state index in [1.165, 1.54) is 45.2 Å². The third kappa shape index (κ3) is 3.69. The zero-order valence-corrected chi connectivity index (χ0v) is 11.0. The fourth-order valence-electron chi connectivity index (χ4n) is 3.26. The highest BCUT2D eigenvalue weighted by Gasteiger charge is 2.28. The Morgan fingerprint density at radius 2 is 2.00 bits per heavy atom. The van der Waals surface area contributed by atoms with Gasteiger partial charge in [0.15, 0.2) is 0 Å². The standard InChI is InChI=1S/C14H25N3/c1-12(11-17-8-3-2-4-9-17)16-14-7-5-6-13(14)10-15/h12-14,16H,2-9,11H2,1H3. The summed E-state index contributed by atoms with van der Waals surface area (Å²) in [5.41, 5.74) is 0. The molecule has 0 radical (unpaired) electrons. The predicted molar refractivity (Wildman–Crippen MR) is 69.6 cm³/mol. The van der Waals surface area contributed by atoms with Gasteiger partial charge in [-0.05, 0) is 45.7 Å². The maximum Gasteiger partial charge on any atom is 0.0672 e. The van der Waals surface area contributed by atoms with E-state index in [0.717, 1.165) is 13.0 Å². The SMILES string of the molecule is CC(CN1CCCCC1)NC1CCCC1C#N. The molecule has 3 nitrogen and oxygen atoms in total. The summed E-state index contributed by atoms with van der Waals surface area (Å²) >= 11 is 0. The Bertz CT molecular complexity index is 265. The molecule has 1 N–H and O–H groups in total. The molecule has 0 aromatic rings. The number of rotatable bonds is 4. The van der Waals surface area contributed by atoms with Gasteiger partial charge in [-0.15, -0.1) is 0 Å². The molecular weight excluding hydrogens is 210 g/mol. The van der Waals surface area contributed by atoms with Gasteiger partial charge >= 0.3 is 0 Å². The molecule has 96 valence electrons. The van der Waals surface area contributed by atoms with Crippen LogP contribution in [0.1, 0.15) is 45.4 Å². The number of nitrogens with zero attached hydrogens (tertiary/aromatic N) is 2. The van der Waals surface area contributed by atoms with Crippen LogP contribution in [0, 0.1) is 17.2 Å². The first-order valence-electron chi connectivity index (χ1n) is 7.17. The number of nitrogens with one attached hydrogen (secondary N) is 1. The number of hydrogen-bond acceptors (Lipinski definition) is 3. The zero-order valence-electron chi connectivity index (χ0n) is 11.0. The van der Waals surface area contributed by atoms with Gasteiger partial charge in [-0.25, -0.2) is 0 Å². The summed E-state index contributed by atoms with van der Waals surface area (Å²) in [5.74, 6) is 0.249. The average molecular weight is 235 g/mol. The lowest BCUT2D eigenvalue weighted by Gasteiger charge is -2.31. The van der Waals surface area contributed by atoms with E-state index in [-0.39, 0.29) is 5.92 Å². The van der Waals surface area contributed by atoms with Crippen molar-refractivity contribution in [3.8, 4) is 6.07 Å². The van der Waals surface area contributed by atoms with Crippen LogP contribution in [0.4, 0.5) is 0 Å². The smallest absolute Gasteiger partial charge is 0.0672 e. The molecule has 17 heavy (non-hydrogen) atoms. The molecule has 2 rings (SSSR count). The first-order valence-corrected chi connectivity index (χ1v) is 7.17. The molecule has 3 atom stereocenters. The van der Waals surface area contributed by atoms with Gasteiger partial charge in [0.2, 0.25) is 0 Å². The average Bonchev–Trinajstić information content (AvgIpc) is 2.77. The van der Waals surface area contributed by atoms with Gasteiger partial charge in [-0.2, -0.15) is 5.26 Å². The third-order valence-electron chi connectivity index (χ3n) is 4.16. The minimum Gasteiger partial charge on any atom is -0.309 e. The Hall–Kier alpha value is -0.590. The molecular formula is C14H25N3. The van der Waals surface area contributed by atoms with Gasteiger partial charge in [-0.3, -0.25) is 0 Å². The van der Waals surface area contributed by atoms with Gasteiger partial charge in [0, 0.05) is 18.6 Å². The summed E-state index contributed by atoms with van der Waals surface area (Å²) in [6, 6.07) is 3.41.